The quantitative estimate of drug-likeness (QED) is 0.754. The number of hydrogen-bond donors (Lipinski definition) is 0. The van der Waals surface area contributed by atoms with E-state index in [1.807, 2.05) is 36.4 Å². The number of halogens is 1. The molecule has 0 saturated carbocycles. The first-order valence-electron chi connectivity index (χ1n) is 6.11. The summed E-state index contributed by atoms with van der Waals surface area (Å²) in [5.74, 6) is 0.184. The smallest absolute Gasteiger partial charge is 0.145 e. The second-order valence-corrected chi connectivity index (χ2v) is 5.09. The maximum Gasteiger partial charge on any atom is 0.145 e. The average molecular weight is 257 g/mol. The van der Waals surface area contributed by atoms with Crippen molar-refractivity contribution in [3.05, 3.63) is 70.2 Å². The van der Waals surface area contributed by atoms with Crippen LogP contribution in [0.1, 0.15) is 29.0 Å². The zero-order chi connectivity index (χ0) is 12.5. The van der Waals surface area contributed by atoms with E-state index in [2.05, 4.69) is 12.1 Å². The van der Waals surface area contributed by atoms with Gasteiger partial charge in [0.15, 0.2) is 0 Å². The molecular formula is C16H13ClO. The van der Waals surface area contributed by atoms with E-state index < -0.39 is 0 Å². The molecule has 18 heavy (non-hydrogen) atoms. The zero-order valence-corrected chi connectivity index (χ0v) is 10.7. The van der Waals surface area contributed by atoms with Gasteiger partial charge in [0, 0.05) is 11.4 Å². The molecule has 1 aliphatic rings. The molecule has 0 aliphatic heterocycles. The molecule has 0 spiro atoms. The van der Waals surface area contributed by atoms with Crippen LogP contribution in [0, 0.1) is 0 Å². The maximum atomic E-state index is 12.2. The number of ketones is 1. The fourth-order valence-corrected chi connectivity index (χ4v) is 2.77. The van der Waals surface area contributed by atoms with Gasteiger partial charge in [-0.1, -0.05) is 48.0 Å². The Morgan fingerprint density at radius 1 is 0.944 bits per heavy atom. The molecule has 0 bridgehead atoms. The highest BCUT2D eigenvalue weighted by atomic mass is 35.5. The molecule has 0 aromatic heterocycles. The second-order valence-electron chi connectivity index (χ2n) is 4.65. The Bertz CT molecular complexity index is 586. The number of benzene rings is 2. The minimum atomic E-state index is -0.118. The van der Waals surface area contributed by atoms with Crippen LogP contribution in [0.4, 0.5) is 0 Å². The standard InChI is InChI=1S/C16H13ClO/c17-13-8-5-12(6-9-13)16-14-4-2-1-3-11(14)7-10-15(16)18/h1-6,8-9,16H,7,10H2. The molecule has 0 N–H and O–H groups in total. The van der Waals surface area contributed by atoms with Crippen LogP contribution in [0.5, 0.6) is 0 Å². The van der Waals surface area contributed by atoms with E-state index in [4.69, 9.17) is 11.6 Å². The third kappa shape index (κ3) is 1.95. The van der Waals surface area contributed by atoms with E-state index in [9.17, 15) is 4.79 Å². The molecule has 3 rings (SSSR count). The number of carbonyl (C=O) groups is 1. The first-order valence-corrected chi connectivity index (χ1v) is 6.49. The van der Waals surface area contributed by atoms with Crippen molar-refractivity contribution in [3.63, 3.8) is 0 Å². The van der Waals surface area contributed by atoms with Gasteiger partial charge in [0.1, 0.15) is 5.78 Å². The number of rotatable bonds is 1. The van der Waals surface area contributed by atoms with Gasteiger partial charge in [0.25, 0.3) is 0 Å². The van der Waals surface area contributed by atoms with Crippen LogP contribution in [0.3, 0.4) is 0 Å². The number of aryl methyl sites for hydroxylation is 1. The van der Waals surface area contributed by atoms with Crippen LogP contribution >= 0.6 is 11.6 Å². The van der Waals surface area contributed by atoms with Crippen molar-refractivity contribution in [1.29, 1.82) is 0 Å². The Morgan fingerprint density at radius 2 is 1.67 bits per heavy atom. The molecular weight excluding hydrogens is 244 g/mol. The highest BCUT2D eigenvalue weighted by Crippen LogP contribution is 2.34. The molecule has 0 saturated heterocycles. The van der Waals surface area contributed by atoms with Crippen molar-refractivity contribution in [2.24, 2.45) is 0 Å². The van der Waals surface area contributed by atoms with Gasteiger partial charge in [-0.25, -0.2) is 0 Å². The Morgan fingerprint density at radius 3 is 2.44 bits per heavy atom. The van der Waals surface area contributed by atoms with Gasteiger partial charge in [-0.05, 0) is 35.2 Å². The molecule has 2 aromatic rings. The zero-order valence-electron chi connectivity index (χ0n) is 9.90. The van der Waals surface area contributed by atoms with Gasteiger partial charge in [0.2, 0.25) is 0 Å². The fourth-order valence-electron chi connectivity index (χ4n) is 2.64. The lowest BCUT2D eigenvalue weighted by Gasteiger charge is -2.24. The molecule has 90 valence electrons. The van der Waals surface area contributed by atoms with Crippen molar-refractivity contribution in [3.8, 4) is 0 Å². The fraction of sp³-hybridized carbons (Fsp3) is 0.188. The van der Waals surface area contributed by atoms with Gasteiger partial charge in [-0.3, -0.25) is 4.79 Å². The van der Waals surface area contributed by atoms with E-state index in [1.165, 1.54) is 5.56 Å². The number of carbonyl (C=O) groups excluding carboxylic acids is 1. The van der Waals surface area contributed by atoms with Crippen molar-refractivity contribution in [2.45, 2.75) is 18.8 Å². The van der Waals surface area contributed by atoms with Crippen molar-refractivity contribution in [2.75, 3.05) is 0 Å². The summed E-state index contributed by atoms with van der Waals surface area (Å²) in [6.07, 6.45) is 1.49. The van der Waals surface area contributed by atoms with Crippen molar-refractivity contribution in [1.82, 2.24) is 0 Å². The minimum Gasteiger partial charge on any atom is -0.299 e. The van der Waals surface area contributed by atoms with Crippen LogP contribution in [-0.4, -0.2) is 5.78 Å². The third-order valence-electron chi connectivity index (χ3n) is 3.53. The van der Waals surface area contributed by atoms with Crippen LogP contribution in [0.15, 0.2) is 48.5 Å². The molecule has 1 atom stereocenters. The van der Waals surface area contributed by atoms with Gasteiger partial charge < -0.3 is 0 Å². The number of hydrogen-bond acceptors (Lipinski definition) is 1. The highest BCUT2D eigenvalue weighted by molar-refractivity contribution is 6.30. The lowest BCUT2D eigenvalue weighted by atomic mass is 9.78. The van der Waals surface area contributed by atoms with E-state index in [0.717, 1.165) is 17.5 Å². The van der Waals surface area contributed by atoms with Crippen LogP contribution < -0.4 is 0 Å². The van der Waals surface area contributed by atoms with Gasteiger partial charge >= 0.3 is 0 Å². The van der Waals surface area contributed by atoms with Crippen LogP contribution in [-0.2, 0) is 11.2 Å². The molecule has 0 radical (unpaired) electrons. The first kappa shape index (κ1) is 11.5. The lowest BCUT2D eigenvalue weighted by Crippen LogP contribution is -2.21. The first-order chi connectivity index (χ1) is 8.75. The van der Waals surface area contributed by atoms with E-state index in [0.29, 0.717) is 17.2 Å². The Hall–Kier alpha value is -1.60. The minimum absolute atomic E-state index is 0.118. The Labute approximate surface area is 111 Å². The average Bonchev–Trinajstić information content (AvgIpc) is 2.40. The van der Waals surface area contributed by atoms with Gasteiger partial charge in [-0.15, -0.1) is 0 Å². The summed E-state index contributed by atoms with van der Waals surface area (Å²) in [4.78, 5) is 12.2. The van der Waals surface area contributed by atoms with Gasteiger partial charge in [0.05, 0.1) is 5.92 Å². The van der Waals surface area contributed by atoms with Crippen molar-refractivity contribution >= 4 is 17.4 Å². The van der Waals surface area contributed by atoms with E-state index in [-0.39, 0.29) is 5.92 Å². The SMILES string of the molecule is O=C1CCc2ccccc2C1c1ccc(Cl)cc1. The molecule has 0 heterocycles. The van der Waals surface area contributed by atoms with Crippen molar-refractivity contribution < 1.29 is 4.79 Å². The van der Waals surface area contributed by atoms with E-state index in [1.54, 1.807) is 0 Å². The molecule has 1 nitrogen and oxygen atoms in total. The number of fused-ring (bicyclic) bond motifs is 1. The summed E-state index contributed by atoms with van der Waals surface area (Å²) in [6, 6.07) is 15.8. The highest BCUT2D eigenvalue weighted by Gasteiger charge is 2.28. The lowest BCUT2D eigenvalue weighted by molar-refractivity contribution is -0.120. The topological polar surface area (TPSA) is 17.1 Å². The Kier molecular flexibility index (Phi) is 2.92. The normalized spacial score (nSPS) is 18.5. The summed E-state index contributed by atoms with van der Waals surface area (Å²) in [7, 11) is 0. The molecule has 0 fully saturated rings. The van der Waals surface area contributed by atoms with E-state index >= 15 is 0 Å². The summed E-state index contributed by atoms with van der Waals surface area (Å²) in [6.45, 7) is 0. The predicted molar refractivity (Wildman–Crippen MR) is 73.1 cm³/mol. The molecule has 1 unspecified atom stereocenters. The van der Waals surface area contributed by atoms with Gasteiger partial charge in [-0.2, -0.15) is 0 Å². The molecule has 1 aliphatic carbocycles. The summed E-state index contributed by atoms with van der Waals surface area (Å²) < 4.78 is 0. The predicted octanol–water partition coefficient (Wildman–Crippen LogP) is 3.99. The summed E-state index contributed by atoms with van der Waals surface area (Å²) in [5, 5.41) is 0.704. The Balaban J connectivity index is 2.10. The maximum absolute atomic E-state index is 12.2. The molecule has 2 heteroatoms. The summed E-state index contributed by atoms with van der Waals surface area (Å²) >= 11 is 5.90. The second kappa shape index (κ2) is 4.58. The molecule has 2 aromatic carbocycles. The largest absolute Gasteiger partial charge is 0.299 e. The molecule has 0 amide bonds. The third-order valence-corrected chi connectivity index (χ3v) is 3.78. The monoisotopic (exact) mass is 256 g/mol. The summed E-state index contributed by atoms with van der Waals surface area (Å²) in [5.41, 5.74) is 3.48. The van der Waals surface area contributed by atoms with Crippen LogP contribution in [0.2, 0.25) is 5.02 Å². The number of Topliss-reactive ketones (excluding diaryl/α,β-unsaturated/α-hetero) is 1. The van der Waals surface area contributed by atoms with Crippen LogP contribution in [0.25, 0.3) is 0 Å².